The summed E-state index contributed by atoms with van der Waals surface area (Å²) in [6.45, 7) is 2.40. The van der Waals surface area contributed by atoms with Crippen LogP contribution in [0.3, 0.4) is 0 Å². The number of hydrogen-bond acceptors (Lipinski definition) is 3. The molecule has 1 aromatic carbocycles. The summed E-state index contributed by atoms with van der Waals surface area (Å²) in [6.07, 6.45) is -0.604. The fourth-order valence-electron chi connectivity index (χ4n) is 2.26. The van der Waals surface area contributed by atoms with Crippen LogP contribution in [0.5, 0.6) is 5.75 Å². The van der Waals surface area contributed by atoms with Gasteiger partial charge in [-0.25, -0.2) is 0 Å². The van der Waals surface area contributed by atoms with Crippen LogP contribution in [0.1, 0.15) is 24.9 Å². The van der Waals surface area contributed by atoms with E-state index in [2.05, 4.69) is 0 Å². The molecule has 1 aliphatic heterocycles. The highest BCUT2D eigenvalue weighted by atomic mass is 16.3. The zero-order valence-electron chi connectivity index (χ0n) is 9.13. The van der Waals surface area contributed by atoms with Crippen LogP contribution in [0.4, 0.5) is 0 Å². The van der Waals surface area contributed by atoms with Crippen molar-refractivity contribution in [2.75, 3.05) is 6.54 Å². The van der Waals surface area contributed by atoms with E-state index in [4.69, 9.17) is 0 Å². The molecule has 1 fully saturated rings. The SMILES string of the molecule is CCN1C(=O)CC(O)C1c1ccccc1O. The second kappa shape index (κ2) is 4.14. The van der Waals surface area contributed by atoms with E-state index in [1.54, 1.807) is 29.2 Å². The number of phenolic OH excluding ortho intramolecular Hbond substituents is 1. The Labute approximate surface area is 94.1 Å². The van der Waals surface area contributed by atoms with Crippen LogP contribution in [-0.2, 0) is 4.79 Å². The normalized spacial score (nSPS) is 25.1. The van der Waals surface area contributed by atoms with Crippen molar-refractivity contribution < 1.29 is 15.0 Å². The van der Waals surface area contributed by atoms with Crippen molar-refractivity contribution in [3.05, 3.63) is 29.8 Å². The minimum atomic E-state index is -0.735. The van der Waals surface area contributed by atoms with Gasteiger partial charge in [-0.15, -0.1) is 0 Å². The maximum Gasteiger partial charge on any atom is 0.225 e. The Morgan fingerprint density at radius 1 is 1.44 bits per heavy atom. The fraction of sp³-hybridized carbons (Fsp3) is 0.417. The van der Waals surface area contributed by atoms with Gasteiger partial charge in [-0.2, -0.15) is 0 Å². The van der Waals surface area contributed by atoms with Gasteiger partial charge >= 0.3 is 0 Å². The molecule has 0 bridgehead atoms. The van der Waals surface area contributed by atoms with Crippen molar-refractivity contribution in [2.45, 2.75) is 25.5 Å². The average molecular weight is 221 g/mol. The van der Waals surface area contributed by atoms with Gasteiger partial charge in [0.1, 0.15) is 5.75 Å². The van der Waals surface area contributed by atoms with Crippen LogP contribution in [0.25, 0.3) is 0 Å². The van der Waals surface area contributed by atoms with Gasteiger partial charge in [0.25, 0.3) is 0 Å². The number of likely N-dealkylation sites (tertiary alicyclic amines) is 1. The Balaban J connectivity index is 2.39. The van der Waals surface area contributed by atoms with Crippen molar-refractivity contribution in [1.29, 1.82) is 0 Å². The van der Waals surface area contributed by atoms with Gasteiger partial charge in [-0.05, 0) is 13.0 Å². The molecule has 0 spiro atoms. The second-order valence-electron chi connectivity index (χ2n) is 3.95. The Hall–Kier alpha value is -1.55. The molecule has 2 unspecified atom stereocenters. The van der Waals surface area contributed by atoms with Crippen molar-refractivity contribution in [3.63, 3.8) is 0 Å². The topological polar surface area (TPSA) is 60.8 Å². The third-order valence-electron chi connectivity index (χ3n) is 3.00. The lowest BCUT2D eigenvalue weighted by atomic mass is 10.0. The van der Waals surface area contributed by atoms with E-state index in [-0.39, 0.29) is 18.1 Å². The number of likely N-dealkylation sites (N-methyl/N-ethyl adjacent to an activating group) is 1. The predicted octanol–water partition coefficient (Wildman–Crippen LogP) is 1.05. The Bertz CT molecular complexity index is 405. The number of aromatic hydroxyl groups is 1. The number of nitrogens with zero attached hydrogens (tertiary/aromatic N) is 1. The van der Waals surface area contributed by atoms with Crippen molar-refractivity contribution in [1.82, 2.24) is 4.90 Å². The molecule has 4 nitrogen and oxygen atoms in total. The summed E-state index contributed by atoms with van der Waals surface area (Å²) in [4.78, 5) is 13.2. The number of phenols is 1. The van der Waals surface area contributed by atoms with Crippen LogP contribution in [0.2, 0.25) is 0 Å². The minimum absolute atomic E-state index is 0.0664. The molecule has 86 valence electrons. The molecule has 2 atom stereocenters. The summed E-state index contributed by atoms with van der Waals surface area (Å²) in [5.74, 6) is 0.0583. The maximum atomic E-state index is 11.6. The van der Waals surface area contributed by atoms with E-state index in [0.717, 1.165) is 0 Å². The summed E-state index contributed by atoms with van der Waals surface area (Å²) in [5, 5.41) is 19.6. The van der Waals surface area contributed by atoms with E-state index < -0.39 is 12.1 Å². The zero-order chi connectivity index (χ0) is 11.7. The van der Waals surface area contributed by atoms with Gasteiger partial charge in [-0.1, -0.05) is 18.2 Å². The molecule has 0 aliphatic carbocycles. The summed E-state index contributed by atoms with van der Waals surface area (Å²) < 4.78 is 0. The number of benzene rings is 1. The molecule has 1 aromatic rings. The first-order valence-corrected chi connectivity index (χ1v) is 5.40. The number of para-hydroxylation sites is 1. The fourth-order valence-corrected chi connectivity index (χ4v) is 2.26. The highest BCUT2D eigenvalue weighted by Gasteiger charge is 2.39. The van der Waals surface area contributed by atoms with Crippen LogP contribution in [-0.4, -0.2) is 33.7 Å². The van der Waals surface area contributed by atoms with Gasteiger partial charge in [0.15, 0.2) is 0 Å². The van der Waals surface area contributed by atoms with Gasteiger partial charge in [0, 0.05) is 12.1 Å². The zero-order valence-corrected chi connectivity index (χ0v) is 9.13. The highest BCUT2D eigenvalue weighted by Crippen LogP contribution is 2.36. The van der Waals surface area contributed by atoms with Crippen molar-refractivity contribution in [2.24, 2.45) is 0 Å². The lowest BCUT2D eigenvalue weighted by Crippen LogP contribution is -2.29. The standard InChI is InChI=1S/C12H15NO3/c1-2-13-11(16)7-10(15)12(13)8-5-3-4-6-9(8)14/h3-6,10,12,14-15H,2,7H2,1H3. The first kappa shape index (κ1) is 11.0. The summed E-state index contributed by atoms with van der Waals surface area (Å²) >= 11 is 0. The van der Waals surface area contributed by atoms with Crippen LogP contribution >= 0.6 is 0 Å². The second-order valence-corrected chi connectivity index (χ2v) is 3.95. The minimum Gasteiger partial charge on any atom is -0.508 e. The number of amides is 1. The molecule has 0 aromatic heterocycles. The average Bonchev–Trinajstić information content (AvgIpc) is 2.54. The largest absolute Gasteiger partial charge is 0.508 e. The number of aliphatic hydroxyl groups is 1. The molecule has 2 rings (SSSR count). The predicted molar refractivity (Wildman–Crippen MR) is 58.9 cm³/mol. The molecule has 4 heteroatoms. The monoisotopic (exact) mass is 221 g/mol. The quantitative estimate of drug-likeness (QED) is 0.784. The van der Waals surface area contributed by atoms with E-state index in [9.17, 15) is 15.0 Å². The third kappa shape index (κ3) is 1.65. The first-order valence-electron chi connectivity index (χ1n) is 5.40. The number of carbonyl (C=O) groups is 1. The van der Waals surface area contributed by atoms with E-state index in [1.807, 2.05) is 6.92 Å². The molecule has 0 radical (unpaired) electrons. The first-order chi connectivity index (χ1) is 7.65. The molecule has 0 saturated carbocycles. The van der Waals surface area contributed by atoms with Gasteiger partial charge in [0.2, 0.25) is 5.91 Å². The molecular formula is C12H15NO3. The van der Waals surface area contributed by atoms with Crippen molar-refractivity contribution in [3.8, 4) is 5.75 Å². The highest BCUT2D eigenvalue weighted by molar-refractivity contribution is 5.80. The Morgan fingerprint density at radius 3 is 2.75 bits per heavy atom. The van der Waals surface area contributed by atoms with Gasteiger partial charge in [-0.3, -0.25) is 4.79 Å². The van der Waals surface area contributed by atoms with Gasteiger partial charge in [0.05, 0.1) is 18.6 Å². The Kier molecular flexibility index (Phi) is 2.83. The van der Waals surface area contributed by atoms with Crippen molar-refractivity contribution >= 4 is 5.91 Å². The Morgan fingerprint density at radius 2 is 2.12 bits per heavy atom. The summed E-state index contributed by atoms with van der Waals surface area (Å²) in [6, 6.07) is 6.40. The van der Waals surface area contributed by atoms with E-state index in [0.29, 0.717) is 12.1 Å². The number of hydrogen-bond donors (Lipinski definition) is 2. The van der Waals surface area contributed by atoms with Crippen LogP contribution in [0, 0.1) is 0 Å². The maximum absolute atomic E-state index is 11.6. The molecule has 2 N–H and O–H groups in total. The number of aliphatic hydroxyl groups excluding tert-OH is 1. The lowest BCUT2D eigenvalue weighted by molar-refractivity contribution is -0.128. The van der Waals surface area contributed by atoms with E-state index >= 15 is 0 Å². The smallest absolute Gasteiger partial charge is 0.225 e. The van der Waals surface area contributed by atoms with Crippen LogP contribution < -0.4 is 0 Å². The number of rotatable bonds is 2. The molecular weight excluding hydrogens is 206 g/mol. The third-order valence-corrected chi connectivity index (χ3v) is 3.00. The van der Waals surface area contributed by atoms with Crippen LogP contribution in [0.15, 0.2) is 24.3 Å². The van der Waals surface area contributed by atoms with E-state index in [1.165, 1.54) is 0 Å². The number of carbonyl (C=O) groups excluding carboxylic acids is 1. The molecule has 1 aliphatic rings. The molecule has 16 heavy (non-hydrogen) atoms. The summed E-state index contributed by atoms with van der Waals surface area (Å²) in [5.41, 5.74) is 0.614. The molecule has 1 amide bonds. The molecule has 1 heterocycles. The molecule has 1 saturated heterocycles. The van der Waals surface area contributed by atoms with Gasteiger partial charge < -0.3 is 15.1 Å². The summed E-state index contributed by atoms with van der Waals surface area (Å²) in [7, 11) is 0. The lowest BCUT2D eigenvalue weighted by Gasteiger charge is -2.25.